The number of hydrogen-bond donors (Lipinski definition) is 2. The topological polar surface area (TPSA) is 79.9 Å². The van der Waals surface area contributed by atoms with Gasteiger partial charge >= 0.3 is 5.97 Å². The number of fused-ring (bicyclic) bond motifs is 3. The molecule has 3 aromatic rings. The maximum absolute atomic E-state index is 11.6. The lowest BCUT2D eigenvalue weighted by Gasteiger charge is -2.04. The van der Waals surface area contributed by atoms with Gasteiger partial charge in [0.15, 0.2) is 6.29 Å². The molecule has 0 aliphatic heterocycles. The second-order valence-electron chi connectivity index (χ2n) is 6.01. The SMILES string of the molecule is CCOC(=O)CCc1cccc2c1oc1c(CCC(O)O)cccc12. The number of benzene rings is 2. The van der Waals surface area contributed by atoms with E-state index >= 15 is 0 Å². The molecule has 0 fully saturated rings. The van der Waals surface area contributed by atoms with Crippen LogP contribution in [0.25, 0.3) is 21.9 Å². The molecule has 0 radical (unpaired) electrons. The minimum absolute atomic E-state index is 0.215. The third-order valence-corrected chi connectivity index (χ3v) is 4.26. The highest BCUT2D eigenvalue weighted by atomic mass is 16.5. The van der Waals surface area contributed by atoms with Crippen molar-refractivity contribution in [2.24, 2.45) is 0 Å². The largest absolute Gasteiger partial charge is 0.466 e. The van der Waals surface area contributed by atoms with E-state index in [0.29, 0.717) is 25.9 Å². The Hall–Kier alpha value is -2.37. The van der Waals surface area contributed by atoms with Gasteiger partial charge in [0, 0.05) is 23.6 Å². The number of aryl methyl sites for hydroxylation is 2. The van der Waals surface area contributed by atoms with E-state index in [1.165, 1.54) is 0 Å². The van der Waals surface area contributed by atoms with Crippen LogP contribution in [0.4, 0.5) is 0 Å². The maximum atomic E-state index is 11.6. The minimum atomic E-state index is -1.33. The Bertz CT molecular complexity index is 878. The van der Waals surface area contributed by atoms with Crippen molar-refractivity contribution < 1.29 is 24.2 Å². The van der Waals surface area contributed by atoms with Crippen LogP contribution in [0.5, 0.6) is 0 Å². The molecule has 2 aromatic carbocycles. The van der Waals surface area contributed by atoms with E-state index < -0.39 is 6.29 Å². The molecular weight excluding hydrogens is 320 g/mol. The summed E-state index contributed by atoms with van der Waals surface area (Å²) in [4.78, 5) is 11.6. The molecule has 0 amide bonds. The van der Waals surface area contributed by atoms with Crippen molar-refractivity contribution in [1.29, 1.82) is 0 Å². The molecule has 0 saturated carbocycles. The minimum Gasteiger partial charge on any atom is -0.466 e. The predicted octanol–water partition coefficient (Wildman–Crippen LogP) is 3.33. The number of hydrogen-bond acceptors (Lipinski definition) is 5. The van der Waals surface area contributed by atoms with Crippen LogP contribution >= 0.6 is 0 Å². The van der Waals surface area contributed by atoms with Gasteiger partial charge in [0.2, 0.25) is 0 Å². The molecule has 0 aliphatic rings. The summed E-state index contributed by atoms with van der Waals surface area (Å²) < 4.78 is 11.1. The fourth-order valence-corrected chi connectivity index (χ4v) is 3.09. The van der Waals surface area contributed by atoms with Crippen molar-refractivity contribution in [3.63, 3.8) is 0 Å². The lowest BCUT2D eigenvalue weighted by atomic mass is 10.0. The normalized spacial score (nSPS) is 11.5. The van der Waals surface area contributed by atoms with E-state index in [4.69, 9.17) is 19.4 Å². The summed E-state index contributed by atoms with van der Waals surface area (Å²) in [6.45, 7) is 2.18. The van der Waals surface area contributed by atoms with E-state index in [2.05, 4.69) is 0 Å². The third-order valence-electron chi connectivity index (χ3n) is 4.26. The van der Waals surface area contributed by atoms with Crippen LogP contribution < -0.4 is 0 Å². The van der Waals surface area contributed by atoms with Crippen molar-refractivity contribution >= 4 is 27.9 Å². The van der Waals surface area contributed by atoms with Gasteiger partial charge in [-0.3, -0.25) is 4.79 Å². The molecule has 3 rings (SSSR count). The highest BCUT2D eigenvalue weighted by Crippen LogP contribution is 2.33. The van der Waals surface area contributed by atoms with Gasteiger partial charge in [-0.05, 0) is 30.9 Å². The monoisotopic (exact) mass is 342 g/mol. The van der Waals surface area contributed by atoms with E-state index in [1.54, 1.807) is 6.92 Å². The van der Waals surface area contributed by atoms with E-state index in [-0.39, 0.29) is 12.4 Å². The first kappa shape index (κ1) is 17.5. The number of rotatable bonds is 7. The van der Waals surface area contributed by atoms with Gasteiger partial charge < -0.3 is 19.4 Å². The Morgan fingerprint density at radius 2 is 1.64 bits per heavy atom. The molecular formula is C20H22O5. The highest BCUT2D eigenvalue weighted by molar-refractivity contribution is 6.06. The lowest BCUT2D eigenvalue weighted by Crippen LogP contribution is -2.05. The number of furan rings is 1. The van der Waals surface area contributed by atoms with Gasteiger partial charge in [0.1, 0.15) is 11.2 Å². The number of ether oxygens (including phenoxy) is 1. The molecule has 25 heavy (non-hydrogen) atoms. The first-order valence-electron chi connectivity index (χ1n) is 8.54. The lowest BCUT2D eigenvalue weighted by molar-refractivity contribution is -0.143. The molecule has 0 spiro atoms. The summed E-state index contributed by atoms with van der Waals surface area (Å²) in [5, 5.41) is 20.2. The first-order chi connectivity index (χ1) is 12.1. The number of carbonyl (C=O) groups is 1. The Balaban J connectivity index is 1.97. The third kappa shape index (κ3) is 3.83. The molecule has 132 valence electrons. The van der Waals surface area contributed by atoms with Crippen LogP contribution in [0.15, 0.2) is 40.8 Å². The molecule has 0 unspecified atom stereocenters. The van der Waals surface area contributed by atoms with Crippen molar-refractivity contribution in [2.45, 2.75) is 38.9 Å². The Morgan fingerprint density at radius 3 is 2.20 bits per heavy atom. The van der Waals surface area contributed by atoms with Gasteiger partial charge in [0.25, 0.3) is 0 Å². The Labute approximate surface area is 145 Å². The summed E-state index contributed by atoms with van der Waals surface area (Å²) in [5.41, 5.74) is 3.45. The molecule has 0 atom stereocenters. The fourth-order valence-electron chi connectivity index (χ4n) is 3.09. The van der Waals surface area contributed by atoms with Gasteiger partial charge in [-0.2, -0.15) is 0 Å². The summed E-state index contributed by atoms with van der Waals surface area (Å²) in [7, 11) is 0. The van der Waals surface area contributed by atoms with Gasteiger partial charge in [-0.1, -0.05) is 36.4 Å². The number of carbonyl (C=O) groups excluding carboxylic acids is 1. The zero-order valence-corrected chi connectivity index (χ0v) is 14.2. The summed E-state index contributed by atoms with van der Waals surface area (Å²) in [6, 6.07) is 11.8. The maximum Gasteiger partial charge on any atom is 0.306 e. The Kier molecular flexibility index (Phi) is 5.36. The fraction of sp³-hybridized carbons (Fsp3) is 0.350. The molecule has 0 bridgehead atoms. The smallest absolute Gasteiger partial charge is 0.306 e. The zero-order chi connectivity index (χ0) is 17.8. The molecule has 5 nitrogen and oxygen atoms in total. The molecule has 5 heteroatoms. The number of para-hydroxylation sites is 2. The number of esters is 1. The van der Waals surface area contributed by atoms with E-state index in [9.17, 15) is 4.79 Å². The summed E-state index contributed by atoms with van der Waals surface area (Å²) >= 11 is 0. The number of aliphatic hydroxyl groups excluding tert-OH is 1. The standard InChI is InChI=1S/C20H22O5/c1-2-24-18(23)12-10-14-6-4-8-16-15-7-3-5-13(9-11-17(21)22)19(15)25-20(14)16/h3-8,17,21-22H,2,9-12H2,1H3. The molecule has 0 aliphatic carbocycles. The summed E-state index contributed by atoms with van der Waals surface area (Å²) in [5.74, 6) is -0.215. The second kappa shape index (κ2) is 7.68. The highest BCUT2D eigenvalue weighted by Gasteiger charge is 2.14. The average Bonchev–Trinajstić information content (AvgIpc) is 2.98. The van der Waals surface area contributed by atoms with Crippen LogP contribution in [0, 0.1) is 0 Å². The molecule has 2 N–H and O–H groups in total. The summed E-state index contributed by atoms with van der Waals surface area (Å²) in [6.07, 6.45) is 0.312. The molecule has 1 aromatic heterocycles. The van der Waals surface area contributed by atoms with Gasteiger partial charge in [-0.25, -0.2) is 0 Å². The first-order valence-corrected chi connectivity index (χ1v) is 8.54. The van der Waals surface area contributed by atoms with Crippen LogP contribution in [0.3, 0.4) is 0 Å². The van der Waals surface area contributed by atoms with Gasteiger partial charge in [0.05, 0.1) is 6.61 Å². The van der Waals surface area contributed by atoms with Crippen LogP contribution in [-0.4, -0.2) is 29.1 Å². The van der Waals surface area contributed by atoms with Crippen LogP contribution in [-0.2, 0) is 22.4 Å². The average molecular weight is 342 g/mol. The van der Waals surface area contributed by atoms with Crippen LogP contribution in [0.1, 0.15) is 30.9 Å². The van der Waals surface area contributed by atoms with Crippen molar-refractivity contribution in [3.8, 4) is 0 Å². The second-order valence-corrected chi connectivity index (χ2v) is 6.01. The quantitative estimate of drug-likeness (QED) is 0.508. The van der Waals surface area contributed by atoms with Crippen LogP contribution in [0.2, 0.25) is 0 Å². The van der Waals surface area contributed by atoms with E-state index in [1.807, 2.05) is 36.4 Å². The zero-order valence-electron chi connectivity index (χ0n) is 14.2. The number of aliphatic hydroxyl groups is 2. The van der Waals surface area contributed by atoms with Gasteiger partial charge in [-0.15, -0.1) is 0 Å². The van der Waals surface area contributed by atoms with Crippen molar-refractivity contribution in [2.75, 3.05) is 6.61 Å². The van der Waals surface area contributed by atoms with E-state index in [0.717, 1.165) is 33.1 Å². The Morgan fingerprint density at radius 1 is 1.04 bits per heavy atom. The van der Waals surface area contributed by atoms with Crippen molar-refractivity contribution in [1.82, 2.24) is 0 Å². The molecule has 1 heterocycles. The predicted molar refractivity (Wildman–Crippen MR) is 95.2 cm³/mol. The van der Waals surface area contributed by atoms with Crippen molar-refractivity contribution in [3.05, 3.63) is 47.5 Å². The molecule has 0 saturated heterocycles.